The summed E-state index contributed by atoms with van der Waals surface area (Å²) in [6.45, 7) is 5.73. The Bertz CT molecular complexity index is 218. The van der Waals surface area contributed by atoms with E-state index >= 15 is 0 Å². The molecule has 0 unspecified atom stereocenters. The van der Waals surface area contributed by atoms with E-state index in [1.165, 1.54) is 0 Å². The van der Waals surface area contributed by atoms with E-state index in [9.17, 15) is 14.4 Å². The third-order valence-electron chi connectivity index (χ3n) is 2.27. The van der Waals surface area contributed by atoms with Crippen molar-refractivity contribution >= 4 is 31.2 Å². The molecule has 16 heavy (non-hydrogen) atoms. The van der Waals surface area contributed by atoms with Gasteiger partial charge >= 0.3 is 105 Å². The van der Waals surface area contributed by atoms with Gasteiger partial charge in [0.2, 0.25) is 0 Å². The van der Waals surface area contributed by atoms with Gasteiger partial charge in [-0.25, -0.2) is 0 Å². The first-order valence-electron chi connectivity index (χ1n) is 6.04. The van der Waals surface area contributed by atoms with Crippen LogP contribution in [0.2, 0.25) is 0 Å². The van der Waals surface area contributed by atoms with Gasteiger partial charge in [0.15, 0.2) is 0 Å². The molecule has 91 valence electrons. The molecule has 0 aromatic heterocycles. The Balaban J connectivity index is 4.68. The summed E-state index contributed by atoms with van der Waals surface area (Å²) in [7, 11) is 0. The minimum absolute atomic E-state index is 0.00167. The van der Waals surface area contributed by atoms with Gasteiger partial charge in [-0.3, -0.25) is 0 Å². The summed E-state index contributed by atoms with van der Waals surface area (Å²) in [6.07, 6.45) is 3.46. The molecule has 0 spiro atoms. The molecule has 0 fully saturated rings. The van der Waals surface area contributed by atoms with Gasteiger partial charge < -0.3 is 0 Å². The number of hydrogen-bond donors (Lipinski definition) is 0. The van der Waals surface area contributed by atoms with Crippen molar-refractivity contribution in [2.75, 3.05) is 0 Å². The van der Waals surface area contributed by atoms with Crippen molar-refractivity contribution in [3.63, 3.8) is 0 Å². The Hall–Kier alpha value is -0.191. The van der Waals surface area contributed by atoms with Crippen LogP contribution in [-0.4, -0.2) is 31.2 Å². The molecule has 0 saturated heterocycles. The first kappa shape index (κ1) is 15.8. The number of rotatable bonds is 9. The molecule has 0 aliphatic carbocycles. The minimum atomic E-state index is -3.12. The third kappa shape index (κ3) is 5.23. The van der Waals surface area contributed by atoms with Gasteiger partial charge in [0.1, 0.15) is 0 Å². The Kier molecular flexibility index (Phi) is 8.80. The van der Waals surface area contributed by atoms with Crippen LogP contribution in [0.1, 0.15) is 59.3 Å². The molecule has 1 radical (unpaired) electrons. The summed E-state index contributed by atoms with van der Waals surface area (Å²) in [6, 6.07) is 0. The topological polar surface area (TPSA) is 51.2 Å². The summed E-state index contributed by atoms with van der Waals surface area (Å²) in [5.74, 6) is 0. The molecule has 0 aliphatic heterocycles. The molecule has 0 rings (SSSR count). The van der Waals surface area contributed by atoms with Crippen LogP contribution in [0.3, 0.4) is 0 Å². The SMILES string of the molecule is CCC[C](=O)[Sn]([C](=O)CCC)[C](=O)CCC. The van der Waals surface area contributed by atoms with E-state index in [1.807, 2.05) is 20.8 Å². The zero-order valence-corrected chi connectivity index (χ0v) is 13.3. The molecule has 0 saturated carbocycles. The Morgan fingerprint density at radius 2 is 0.938 bits per heavy atom. The molecule has 0 bridgehead atoms. The molecule has 0 aromatic carbocycles. The van der Waals surface area contributed by atoms with Crippen molar-refractivity contribution in [2.24, 2.45) is 0 Å². The van der Waals surface area contributed by atoms with Crippen LogP contribution < -0.4 is 0 Å². The average Bonchev–Trinajstić information content (AvgIpc) is 2.19. The van der Waals surface area contributed by atoms with Crippen LogP contribution in [0.4, 0.5) is 0 Å². The monoisotopic (exact) mass is 333 g/mol. The van der Waals surface area contributed by atoms with E-state index < -0.39 is 19.8 Å². The van der Waals surface area contributed by atoms with Crippen LogP contribution in [-0.2, 0) is 14.4 Å². The van der Waals surface area contributed by atoms with Crippen LogP contribution in [0.5, 0.6) is 0 Å². The van der Waals surface area contributed by atoms with E-state index in [1.54, 1.807) is 0 Å². The van der Waals surface area contributed by atoms with Crippen molar-refractivity contribution in [1.29, 1.82) is 0 Å². The Morgan fingerprint density at radius 1 is 0.688 bits per heavy atom. The summed E-state index contributed by atoms with van der Waals surface area (Å²) >= 11 is -3.12. The fourth-order valence-electron chi connectivity index (χ4n) is 1.52. The second-order valence-electron chi connectivity index (χ2n) is 3.89. The van der Waals surface area contributed by atoms with Gasteiger partial charge in [-0.2, -0.15) is 0 Å². The van der Waals surface area contributed by atoms with Crippen LogP contribution >= 0.6 is 0 Å². The third-order valence-corrected chi connectivity index (χ3v) is 9.18. The predicted octanol–water partition coefficient (Wildman–Crippen LogP) is 2.21. The molecule has 3 nitrogen and oxygen atoms in total. The number of carbonyl (C=O) groups excluding carboxylic acids is 3. The summed E-state index contributed by atoms with van der Waals surface area (Å²) < 4.78 is 0.00500. The number of hydrogen-bond acceptors (Lipinski definition) is 3. The molecule has 0 N–H and O–H groups in total. The van der Waals surface area contributed by atoms with E-state index in [4.69, 9.17) is 0 Å². The molecule has 0 aromatic rings. The molecule has 0 heterocycles. The first-order valence-corrected chi connectivity index (χ1v) is 10.3. The average molecular weight is 332 g/mol. The van der Waals surface area contributed by atoms with E-state index in [0.29, 0.717) is 19.3 Å². The quantitative estimate of drug-likeness (QED) is 0.609. The van der Waals surface area contributed by atoms with Crippen molar-refractivity contribution in [3.05, 3.63) is 0 Å². The normalized spacial score (nSPS) is 10.5. The second kappa shape index (κ2) is 8.90. The Morgan fingerprint density at radius 3 is 1.12 bits per heavy atom. The summed E-state index contributed by atoms with van der Waals surface area (Å²) in [4.78, 5) is 35.5. The van der Waals surface area contributed by atoms with E-state index in [-0.39, 0.29) is 11.4 Å². The maximum absolute atomic E-state index is 11.8. The molecule has 0 amide bonds. The van der Waals surface area contributed by atoms with Crippen LogP contribution in [0.15, 0.2) is 0 Å². The van der Waals surface area contributed by atoms with Crippen molar-refractivity contribution in [1.82, 2.24) is 0 Å². The Labute approximate surface area is 105 Å². The molecule has 0 aliphatic rings. The van der Waals surface area contributed by atoms with Gasteiger partial charge in [-0.05, 0) is 0 Å². The maximum atomic E-state index is 11.8. The fraction of sp³-hybridized carbons (Fsp3) is 0.750. The summed E-state index contributed by atoms with van der Waals surface area (Å²) in [5.41, 5.74) is 0. The molecule has 0 atom stereocenters. The van der Waals surface area contributed by atoms with Gasteiger partial charge in [0.25, 0.3) is 0 Å². The van der Waals surface area contributed by atoms with E-state index in [2.05, 4.69) is 0 Å². The van der Waals surface area contributed by atoms with Crippen molar-refractivity contribution < 1.29 is 14.4 Å². The zero-order valence-electron chi connectivity index (χ0n) is 10.5. The van der Waals surface area contributed by atoms with Crippen LogP contribution in [0, 0.1) is 0 Å². The van der Waals surface area contributed by atoms with Crippen molar-refractivity contribution in [3.8, 4) is 0 Å². The zero-order chi connectivity index (χ0) is 12.6. The van der Waals surface area contributed by atoms with Gasteiger partial charge in [0.05, 0.1) is 0 Å². The fourth-order valence-corrected chi connectivity index (χ4v) is 8.47. The standard InChI is InChI=1S/3C4H7O.Sn/c3*1-2-3-4-5;/h3*2-3H2,1H3;. The van der Waals surface area contributed by atoms with Gasteiger partial charge in [0, 0.05) is 0 Å². The molecular formula is C12H21O3Sn. The first-order chi connectivity index (χ1) is 7.58. The number of carbonyl (C=O) groups is 3. The van der Waals surface area contributed by atoms with Gasteiger partial charge in [-0.1, -0.05) is 0 Å². The van der Waals surface area contributed by atoms with E-state index in [0.717, 1.165) is 19.3 Å². The van der Waals surface area contributed by atoms with Gasteiger partial charge in [-0.15, -0.1) is 0 Å². The predicted molar refractivity (Wildman–Crippen MR) is 65.5 cm³/mol. The molecular weight excluding hydrogens is 311 g/mol. The van der Waals surface area contributed by atoms with Crippen molar-refractivity contribution in [2.45, 2.75) is 59.3 Å². The van der Waals surface area contributed by atoms with Crippen LogP contribution in [0.25, 0.3) is 0 Å². The molecule has 4 heteroatoms. The summed E-state index contributed by atoms with van der Waals surface area (Å²) in [5, 5.41) is 0. The second-order valence-corrected chi connectivity index (χ2v) is 10.8.